The fourth-order valence-corrected chi connectivity index (χ4v) is 1.66. The molecule has 0 radical (unpaired) electrons. The first-order valence-electron chi connectivity index (χ1n) is 3.58. The Labute approximate surface area is 89.6 Å². The summed E-state index contributed by atoms with van der Waals surface area (Å²) in [4.78, 5) is 4.04. The molecule has 0 aliphatic heterocycles. The second-order valence-electron chi connectivity index (χ2n) is 2.49. The van der Waals surface area contributed by atoms with Gasteiger partial charge in [0.2, 0.25) is 0 Å². The highest BCUT2D eigenvalue weighted by molar-refractivity contribution is 9.10. The van der Waals surface area contributed by atoms with E-state index in [-0.39, 0.29) is 6.42 Å². The fraction of sp³-hybridized carbons (Fsp3) is 0.250. The summed E-state index contributed by atoms with van der Waals surface area (Å²) in [5, 5.41) is 8.92. The van der Waals surface area contributed by atoms with Crippen LogP contribution < -0.4 is 5.73 Å². The molecule has 1 heterocycles. The van der Waals surface area contributed by atoms with Gasteiger partial charge in [-0.05, 0) is 22.0 Å². The molecule has 0 amide bonds. The average molecular weight is 261 g/mol. The zero-order chi connectivity index (χ0) is 9.84. The maximum atomic E-state index is 8.43. The summed E-state index contributed by atoms with van der Waals surface area (Å²) in [6.45, 7) is 0. The minimum absolute atomic E-state index is 0.217. The summed E-state index contributed by atoms with van der Waals surface area (Å²) >= 11 is 9.11. The van der Waals surface area contributed by atoms with Crippen LogP contribution in [0.3, 0.4) is 0 Å². The van der Waals surface area contributed by atoms with Crippen LogP contribution >= 0.6 is 27.5 Å². The van der Waals surface area contributed by atoms with E-state index in [9.17, 15) is 0 Å². The van der Waals surface area contributed by atoms with Crippen LogP contribution in [0.1, 0.15) is 18.2 Å². The van der Waals surface area contributed by atoms with Crippen molar-refractivity contribution >= 4 is 27.5 Å². The third-order valence-corrected chi connectivity index (χ3v) is 2.24. The molecule has 1 aromatic rings. The molecule has 0 aliphatic rings. The average Bonchev–Trinajstić information content (AvgIpc) is 2.04. The Kier molecular flexibility index (Phi) is 3.67. The molecule has 3 nitrogen and oxygen atoms in total. The maximum absolute atomic E-state index is 8.43. The van der Waals surface area contributed by atoms with Gasteiger partial charge in [-0.1, -0.05) is 11.6 Å². The molecule has 0 aliphatic carbocycles. The first-order chi connectivity index (χ1) is 6.15. The Morgan fingerprint density at radius 2 is 2.46 bits per heavy atom. The van der Waals surface area contributed by atoms with Gasteiger partial charge in [0.1, 0.15) is 0 Å². The van der Waals surface area contributed by atoms with Crippen molar-refractivity contribution in [1.29, 1.82) is 5.26 Å². The molecule has 68 valence electrons. The minimum Gasteiger partial charge on any atom is -0.322 e. The lowest BCUT2D eigenvalue weighted by Crippen LogP contribution is -2.11. The molecule has 1 atom stereocenters. The molecule has 5 heteroatoms. The van der Waals surface area contributed by atoms with Gasteiger partial charge in [-0.15, -0.1) is 0 Å². The van der Waals surface area contributed by atoms with Crippen molar-refractivity contribution in [1.82, 2.24) is 4.98 Å². The zero-order valence-electron chi connectivity index (χ0n) is 6.67. The molecule has 0 fully saturated rings. The topological polar surface area (TPSA) is 62.7 Å². The van der Waals surface area contributed by atoms with Crippen molar-refractivity contribution in [2.75, 3.05) is 0 Å². The van der Waals surface area contributed by atoms with Crippen LogP contribution in [0.4, 0.5) is 0 Å². The molecule has 0 bridgehead atoms. The lowest BCUT2D eigenvalue weighted by molar-refractivity contribution is 0.720. The molecule has 0 spiro atoms. The summed E-state index contributed by atoms with van der Waals surface area (Å²) in [6.07, 6.45) is 1.83. The number of rotatable bonds is 2. The highest BCUT2D eigenvalue weighted by Crippen LogP contribution is 2.23. The van der Waals surface area contributed by atoms with Crippen LogP contribution in [0.15, 0.2) is 16.7 Å². The van der Waals surface area contributed by atoms with Crippen molar-refractivity contribution in [2.45, 2.75) is 12.5 Å². The molecule has 1 aromatic heterocycles. The van der Waals surface area contributed by atoms with Crippen LogP contribution in [-0.2, 0) is 0 Å². The maximum Gasteiger partial charge on any atom is 0.0768 e. The van der Waals surface area contributed by atoms with E-state index in [1.807, 2.05) is 6.07 Å². The zero-order valence-corrected chi connectivity index (χ0v) is 9.01. The van der Waals surface area contributed by atoms with Crippen molar-refractivity contribution in [2.24, 2.45) is 5.73 Å². The molecule has 0 aromatic carbocycles. The smallest absolute Gasteiger partial charge is 0.0768 e. The molecule has 0 saturated carbocycles. The summed E-state index contributed by atoms with van der Waals surface area (Å²) in [5.74, 6) is 0. The Balaban J connectivity index is 2.96. The Bertz CT molecular complexity index is 348. The molecule has 1 rings (SSSR count). The second-order valence-corrected chi connectivity index (χ2v) is 3.81. The van der Waals surface area contributed by atoms with E-state index in [2.05, 4.69) is 20.9 Å². The van der Waals surface area contributed by atoms with E-state index in [0.29, 0.717) is 10.7 Å². The monoisotopic (exact) mass is 259 g/mol. The minimum atomic E-state index is -0.411. The lowest BCUT2D eigenvalue weighted by Gasteiger charge is -2.08. The number of nitrogens with zero attached hydrogens (tertiary/aromatic N) is 2. The van der Waals surface area contributed by atoms with Gasteiger partial charge in [-0.3, -0.25) is 4.98 Å². The Morgan fingerprint density at radius 3 is 3.00 bits per heavy atom. The van der Waals surface area contributed by atoms with Gasteiger partial charge in [0.25, 0.3) is 0 Å². The van der Waals surface area contributed by atoms with Gasteiger partial charge < -0.3 is 5.73 Å². The summed E-state index contributed by atoms with van der Waals surface area (Å²) in [7, 11) is 0. The molecular weight excluding hydrogens is 253 g/mol. The number of aromatic nitrogens is 1. The van der Waals surface area contributed by atoms with Crippen molar-refractivity contribution in [3.8, 4) is 6.07 Å². The van der Waals surface area contributed by atoms with Crippen molar-refractivity contribution < 1.29 is 0 Å². The van der Waals surface area contributed by atoms with Gasteiger partial charge in [-0.2, -0.15) is 5.26 Å². The molecule has 13 heavy (non-hydrogen) atoms. The molecule has 1 unspecified atom stereocenters. The van der Waals surface area contributed by atoms with E-state index in [4.69, 9.17) is 22.6 Å². The predicted octanol–water partition coefficient (Wildman–Crippen LogP) is 2.41. The number of halogens is 2. The summed E-state index contributed by atoms with van der Waals surface area (Å²) in [5.41, 5.74) is 6.23. The molecule has 2 N–H and O–H groups in total. The van der Waals surface area contributed by atoms with E-state index in [1.54, 1.807) is 12.3 Å². The fourth-order valence-electron chi connectivity index (χ4n) is 0.893. The highest BCUT2D eigenvalue weighted by atomic mass is 79.9. The second kappa shape index (κ2) is 4.56. The molecule has 0 saturated heterocycles. The third-order valence-electron chi connectivity index (χ3n) is 1.50. The number of hydrogen-bond acceptors (Lipinski definition) is 3. The summed E-state index contributed by atoms with van der Waals surface area (Å²) in [6, 6.07) is 3.27. The lowest BCUT2D eigenvalue weighted by atomic mass is 10.1. The van der Waals surface area contributed by atoms with Gasteiger partial charge in [0.15, 0.2) is 0 Å². The number of nitriles is 1. The van der Waals surface area contributed by atoms with E-state index in [1.165, 1.54) is 0 Å². The van der Waals surface area contributed by atoms with Crippen molar-refractivity contribution in [3.63, 3.8) is 0 Å². The normalized spacial score (nSPS) is 12.2. The van der Waals surface area contributed by atoms with Gasteiger partial charge >= 0.3 is 0 Å². The Morgan fingerprint density at radius 1 is 1.77 bits per heavy atom. The Hall–Kier alpha value is -0.630. The first kappa shape index (κ1) is 10.5. The third kappa shape index (κ3) is 2.66. The molecular formula is C8H7BrClN3. The first-order valence-corrected chi connectivity index (χ1v) is 4.75. The van der Waals surface area contributed by atoms with Crippen LogP contribution in [-0.4, -0.2) is 4.98 Å². The number of pyridine rings is 1. The van der Waals surface area contributed by atoms with Crippen LogP contribution in [0.5, 0.6) is 0 Å². The van der Waals surface area contributed by atoms with Gasteiger partial charge in [0.05, 0.1) is 29.2 Å². The number of hydrogen-bond donors (Lipinski definition) is 1. The van der Waals surface area contributed by atoms with Crippen LogP contribution in [0, 0.1) is 11.3 Å². The van der Waals surface area contributed by atoms with Gasteiger partial charge in [0, 0.05) is 10.7 Å². The summed E-state index contributed by atoms with van der Waals surface area (Å²) < 4.78 is 0.797. The van der Waals surface area contributed by atoms with Gasteiger partial charge in [-0.25, -0.2) is 0 Å². The standard InChI is InChI=1S/C8H7BrClN3/c9-5-3-6(10)8(13-4-5)7(12)1-2-11/h3-4,7H,1,12H2. The van der Waals surface area contributed by atoms with E-state index in [0.717, 1.165) is 4.47 Å². The van der Waals surface area contributed by atoms with Crippen LogP contribution in [0.25, 0.3) is 0 Å². The van der Waals surface area contributed by atoms with E-state index < -0.39 is 6.04 Å². The SMILES string of the molecule is N#CCC(N)c1ncc(Br)cc1Cl. The van der Waals surface area contributed by atoms with Crippen molar-refractivity contribution in [3.05, 3.63) is 27.5 Å². The quantitative estimate of drug-likeness (QED) is 0.888. The largest absolute Gasteiger partial charge is 0.322 e. The predicted molar refractivity (Wildman–Crippen MR) is 54.1 cm³/mol. The van der Waals surface area contributed by atoms with E-state index >= 15 is 0 Å². The number of nitrogens with two attached hydrogens (primary N) is 1. The highest BCUT2D eigenvalue weighted by Gasteiger charge is 2.11. The van der Waals surface area contributed by atoms with Crippen LogP contribution in [0.2, 0.25) is 5.02 Å².